The number of aliphatic hydroxyl groups is 1. The number of ether oxygens (including phenoxy) is 3. The number of aromatic nitrogens is 3. The normalized spacial score (nSPS) is 12.5. The Morgan fingerprint density at radius 1 is 0.508 bits per heavy atom. The predicted molar refractivity (Wildman–Crippen MR) is 253 cm³/mol. The van der Waals surface area contributed by atoms with Crippen molar-refractivity contribution in [2.24, 2.45) is 0 Å². The van der Waals surface area contributed by atoms with Crippen LogP contribution in [0, 0.1) is 27.7 Å². The SMILES string of the molecule is CCCCCCCCCCCCCOC(Oc1c(OCCCCCCCCCCCC)ccc(-c2nc(-c3ccc(C)cc3C)nc(-c3ccc(C)cc3C)n2)c1O)C(C)O. The van der Waals surface area contributed by atoms with Gasteiger partial charge in [0.1, 0.15) is 6.10 Å². The highest BCUT2D eigenvalue weighted by atomic mass is 16.7. The lowest BCUT2D eigenvalue weighted by Gasteiger charge is -2.24. The molecular formula is C53H79N3O5. The Labute approximate surface area is 369 Å². The van der Waals surface area contributed by atoms with Crippen LogP contribution in [0.1, 0.15) is 178 Å². The van der Waals surface area contributed by atoms with Gasteiger partial charge in [-0.3, -0.25) is 0 Å². The molecule has 0 saturated heterocycles. The molecular weight excluding hydrogens is 759 g/mol. The van der Waals surface area contributed by atoms with E-state index < -0.39 is 12.4 Å². The minimum Gasteiger partial charge on any atom is -0.504 e. The summed E-state index contributed by atoms with van der Waals surface area (Å²) in [6, 6.07) is 16.0. The van der Waals surface area contributed by atoms with Gasteiger partial charge in [-0.25, -0.2) is 15.0 Å². The standard InChI is InChI=1S/C53H79N3O5/c1-8-10-12-14-16-18-20-22-24-26-28-36-60-53(43(7)57)61-49-47(59-35-27-25-23-21-19-17-15-13-11-9-2)34-33-46(48(49)58)52-55-50(44-31-29-39(3)37-41(44)5)54-51(56-52)45-32-30-40(4)38-42(45)6/h29-34,37-38,43,53,57-58H,8-28,35-36H2,1-7H3. The molecule has 0 bridgehead atoms. The maximum atomic E-state index is 12.2. The van der Waals surface area contributed by atoms with Gasteiger partial charge in [0.2, 0.25) is 12.0 Å². The van der Waals surface area contributed by atoms with E-state index in [0.29, 0.717) is 42.0 Å². The molecule has 2 atom stereocenters. The van der Waals surface area contributed by atoms with Crippen LogP contribution in [0.5, 0.6) is 17.2 Å². The molecule has 0 aliphatic rings. The third kappa shape index (κ3) is 17.0. The molecule has 4 aromatic rings. The van der Waals surface area contributed by atoms with E-state index in [1.165, 1.54) is 109 Å². The molecule has 3 aromatic carbocycles. The molecule has 0 spiro atoms. The number of phenolic OH excluding ortho intramolecular Hbond substituents is 1. The highest BCUT2D eigenvalue weighted by molar-refractivity contribution is 5.75. The summed E-state index contributed by atoms with van der Waals surface area (Å²) in [6.45, 7) is 15.3. The fourth-order valence-corrected chi connectivity index (χ4v) is 7.95. The average molecular weight is 838 g/mol. The average Bonchev–Trinajstić information content (AvgIpc) is 3.23. The second-order valence-corrected chi connectivity index (χ2v) is 17.4. The monoisotopic (exact) mass is 838 g/mol. The molecule has 8 heteroatoms. The molecule has 2 N–H and O–H groups in total. The molecule has 4 rings (SSSR count). The molecule has 0 amide bonds. The van der Waals surface area contributed by atoms with Gasteiger partial charge < -0.3 is 24.4 Å². The number of hydrogen-bond acceptors (Lipinski definition) is 8. The fourth-order valence-electron chi connectivity index (χ4n) is 7.95. The van der Waals surface area contributed by atoms with Gasteiger partial charge in [-0.15, -0.1) is 0 Å². The topological polar surface area (TPSA) is 107 Å². The van der Waals surface area contributed by atoms with Crippen LogP contribution in [-0.2, 0) is 4.74 Å². The Morgan fingerprint density at radius 2 is 0.902 bits per heavy atom. The fraction of sp³-hybridized carbons (Fsp3) is 0.604. The van der Waals surface area contributed by atoms with E-state index in [1.54, 1.807) is 19.1 Å². The number of nitrogens with zero attached hydrogens (tertiary/aromatic N) is 3. The third-order valence-corrected chi connectivity index (χ3v) is 11.6. The second kappa shape index (κ2) is 27.8. The van der Waals surface area contributed by atoms with Crippen LogP contribution in [0.3, 0.4) is 0 Å². The zero-order valence-corrected chi connectivity index (χ0v) is 39.0. The third-order valence-electron chi connectivity index (χ3n) is 11.6. The lowest BCUT2D eigenvalue weighted by molar-refractivity contribution is -0.141. The van der Waals surface area contributed by atoms with Crippen molar-refractivity contribution < 1.29 is 24.4 Å². The zero-order valence-electron chi connectivity index (χ0n) is 39.0. The van der Waals surface area contributed by atoms with Crippen LogP contribution in [0.4, 0.5) is 0 Å². The van der Waals surface area contributed by atoms with Crippen LogP contribution >= 0.6 is 0 Å². The van der Waals surface area contributed by atoms with Crippen molar-refractivity contribution in [3.63, 3.8) is 0 Å². The van der Waals surface area contributed by atoms with Crippen LogP contribution < -0.4 is 9.47 Å². The summed E-state index contributed by atoms with van der Waals surface area (Å²) >= 11 is 0. The molecule has 1 aromatic heterocycles. The summed E-state index contributed by atoms with van der Waals surface area (Å²) in [5.41, 5.74) is 6.53. The van der Waals surface area contributed by atoms with Crippen LogP contribution in [0.25, 0.3) is 34.2 Å². The Bertz CT molecular complexity index is 1790. The number of aryl methyl sites for hydroxylation is 4. The smallest absolute Gasteiger partial charge is 0.226 e. The van der Waals surface area contributed by atoms with E-state index in [0.717, 1.165) is 59.1 Å². The Morgan fingerprint density at radius 3 is 1.33 bits per heavy atom. The minimum atomic E-state index is -1.01. The van der Waals surface area contributed by atoms with Crippen molar-refractivity contribution in [1.29, 1.82) is 0 Å². The first-order valence-corrected chi connectivity index (χ1v) is 24.0. The summed E-state index contributed by atoms with van der Waals surface area (Å²) in [7, 11) is 0. The van der Waals surface area contributed by atoms with Gasteiger partial charge in [-0.1, -0.05) is 183 Å². The summed E-state index contributed by atoms with van der Waals surface area (Å²) in [5, 5.41) is 23.1. The number of hydrogen-bond donors (Lipinski definition) is 2. The molecule has 0 aliphatic heterocycles. The van der Waals surface area contributed by atoms with Gasteiger partial charge in [0, 0.05) is 11.1 Å². The van der Waals surface area contributed by atoms with Crippen LogP contribution in [0.2, 0.25) is 0 Å². The first-order valence-electron chi connectivity index (χ1n) is 24.0. The number of unbranched alkanes of at least 4 members (excludes halogenated alkanes) is 19. The van der Waals surface area contributed by atoms with E-state index in [9.17, 15) is 10.2 Å². The van der Waals surface area contributed by atoms with Crippen LogP contribution in [-0.4, -0.2) is 50.8 Å². The van der Waals surface area contributed by atoms with E-state index in [4.69, 9.17) is 29.2 Å². The van der Waals surface area contributed by atoms with E-state index >= 15 is 0 Å². The number of rotatable bonds is 31. The van der Waals surface area contributed by atoms with Gasteiger partial charge in [0.25, 0.3) is 0 Å². The summed E-state index contributed by atoms with van der Waals surface area (Å²) in [5.74, 6) is 1.65. The number of aliphatic hydroxyl groups excluding tert-OH is 1. The molecule has 0 radical (unpaired) electrons. The van der Waals surface area contributed by atoms with Gasteiger partial charge in [-0.2, -0.15) is 0 Å². The quantitative estimate of drug-likeness (QED) is 0.0381. The van der Waals surface area contributed by atoms with E-state index in [1.807, 2.05) is 12.1 Å². The first-order chi connectivity index (χ1) is 29.6. The molecule has 1 heterocycles. The largest absolute Gasteiger partial charge is 0.504 e. The highest BCUT2D eigenvalue weighted by Crippen LogP contribution is 2.44. The van der Waals surface area contributed by atoms with E-state index in [-0.39, 0.29) is 11.5 Å². The predicted octanol–water partition coefficient (Wildman–Crippen LogP) is 14.5. The minimum absolute atomic E-state index is 0.107. The lowest BCUT2D eigenvalue weighted by atomic mass is 10.0. The Balaban J connectivity index is 1.55. The molecule has 336 valence electrons. The number of benzene rings is 3. The maximum absolute atomic E-state index is 12.2. The van der Waals surface area contributed by atoms with Crippen molar-refractivity contribution in [2.75, 3.05) is 13.2 Å². The Hall–Kier alpha value is -4.01. The molecule has 0 aliphatic carbocycles. The number of aromatic hydroxyl groups is 1. The summed E-state index contributed by atoms with van der Waals surface area (Å²) < 4.78 is 18.9. The van der Waals surface area contributed by atoms with Crippen molar-refractivity contribution >= 4 is 0 Å². The molecule has 0 fully saturated rings. The lowest BCUT2D eigenvalue weighted by Crippen LogP contribution is -2.33. The zero-order chi connectivity index (χ0) is 43.8. The highest BCUT2D eigenvalue weighted by Gasteiger charge is 2.26. The summed E-state index contributed by atoms with van der Waals surface area (Å²) in [6.07, 6.45) is 23.9. The van der Waals surface area contributed by atoms with Gasteiger partial charge >= 0.3 is 0 Å². The molecule has 8 nitrogen and oxygen atoms in total. The van der Waals surface area contributed by atoms with Gasteiger partial charge in [0.15, 0.2) is 29.0 Å². The van der Waals surface area contributed by atoms with Crippen molar-refractivity contribution in [1.82, 2.24) is 15.0 Å². The van der Waals surface area contributed by atoms with Gasteiger partial charge in [0.05, 0.1) is 18.8 Å². The number of phenols is 1. The van der Waals surface area contributed by atoms with Crippen molar-refractivity contribution in [2.45, 2.75) is 196 Å². The van der Waals surface area contributed by atoms with Crippen molar-refractivity contribution in [3.8, 4) is 51.4 Å². The molecule has 2 unspecified atom stereocenters. The van der Waals surface area contributed by atoms with E-state index in [2.05, 4.69) is 65.8 Å². The molecule has 0 saturated carbocycles. The first kappa shape index (κ1) is 49.6. The summed E-state index contributed by atoms with van der Waals surface area (Å²) in [4.78, 5) is 14.9. The van der Waals surface area contributed by atoms with Gasteiger partial charge in [-0.05, 0) is 70.7 Å². The van der Waals surface area contributed by atoms with Crippen LogP contribution in [0.15, 0.2) is 48.5 Å². The maximum Gasteiger partial charge on any atom is 0.226 e. The molecule has 61 heavy (non-hydrogen) atoms. The second-order valence-electron chi connectivity index (χ2n) is 17.4. The van der Waals surface area contributed by atoms with Crippen molar-refractivity contribution in [3.05, 3.63) is 70.8 Å². The Kier molecular flexibility index (Phi) is 22.7.